The van der Waals surface area contributed by atoms with Gasteiger partial charge in [0.1, 0.15) is 12.6 Å². The van der Waals surface area contributed by atoms with Crippen molar-refractivity contribution in [3.8, 4) is 11.1 Å². The van der Waals surface area contributed by atoms with Crippen molar-refractivity contribution in [1.82, 2.24) is 10.6 Å². The first-order valence-corrected chi connectivity index (χ1v) is 12.6. The van der Waals surface area contributed by atoms with Crippen molar-refractivity contribution < 1.29 is 24.2 Å². The minimum atomic E-state index is -1.01. The van der Waals surface area contributed by atoms with E-state index in [1.165, 1.54) is 0 Å². The summed E-state index contributed by atoms with van der Waals surface area (Å²) in [5, 5.41) is 14.8. The zero-order chi connectivity index (χ0) is 24.8. The molecule has 2 amide bonds. The van der Waals surface area contributed by atoms with E-state index in [1.807, 2.05) is 36.4 Å². The van der Waals surface area contributed by atoms with Gasteiger partial charge in [-0.3, -0.25) is 9.59 Å². The van der Waals surface area contributed by atoms with E-state index in [9.17, 15) is 14.4 Å². The van der Waals surface area contributed by atoms with Crippen LogP contribution in [0.3, 0.4) is 0 Å². The number of amides is 2. The molecule has 1 fully saturated rings. The van der Waals surface area contributed by atoms with Crippen molar-refractivity contribution in [2.75, 3.05) is 6.61 Å². The maximum Gasteiger partial charge on any atom is 0.407 e. The fourth-order valence-corrected chi connectivity index (χ4v) is 5.49. The van der Waals surface area contributed by atoms with E-state index in [4.69, 9.17) is 9.84 Å². The van der Waals surface area contributed by atoms with Gasteiger partial charge in [0.15, 0.2) is 0 Å². The van der Waals surface area contributed by atoms with Crippen LogP contribution in [0.15, 0.2) is 48.5 Å². The van der Waals surface area contributed by atoms with Crippen LogP contribution < -0.4 is 10.6 Å². The number of fused-ring (bicyclic) bond motifs is 3. The van der Waals surface area contributed by atoms with Crippen molar-refractivity contribution in [3.63, 3.8) is 0 Å². The highest BCUT2D eigenvalue weighted by Gasteiger charge is 2.31. The molecule has 2 aromatic rings. The first kappa shape index (κ1) is 24.8. The van der Waals surface area contributed by atoms with Crippen LogP contribution >= 0.6 is 0 Å². The molecule has 0 heterocycles. The molecule has 7 heteroatoms. The summed E-state index contributed by atoms with van der Waals surface area (Å²) in [5.74, 6) is -1.04. The summed E-state index contributed by atoms with van der Waals surface area (Å²) >= 11 is 0. The lowest BCUT2D eigenvalue weighted by Crippen LogP contribution is -2.52. The summed E-state index contributed by atoms with van der Waals surface area (Å²) in [5.41, 5.74) is 4.47. The molecule has 0 saturated heterocycles. The molecule has 3 atom stereocenters. The summed E-state index contributed by atoms with van der Waals surface area (Å²) in [6.45, 7) is 2.25. The molecule has 186 valence electrons. The number of nitrogens with one attached hydrogen (secondary N) is 2. The highest BCUT2D eigenvalue weighted by molar-refractivity contribution is 5.86. The van der Waals surface area contributed by atoms with Crippen LogP contribution in [0, 0.1) is 5.92 Å². The van der Waals surface area contributed by atoms with Gasteiger partial charge in [0.25, 0.3) is 0 Å². The van der Waals surface area contributed by atoms with Crippen molar-refractivity contribution in [1.29, 1.82) is 0 Å². The van der Waals surface area contributed by atoms with Gasteiger partial charge in [-0.1, -0.05) is 74.7 Å². The van der Waals surface area contributed by atoms with E-state index in [1.54, 1.807) is 0 Å². The van der Waals surface area contributed by atoms with Crippen LogP contribution in [0.5, 0.6) is 0 Å². The Morgan fingerprint density at radius 2 is 1.63 bits per heavy atom. The molecule has 0 aromatic heterocycles. The van der Waals surface area contributed by atoms with Gasteiger partial charge in [0, 0.05) is 18.4 Å². The van der Waals surface area contributed by atoms with E-state index in [-0.39, 0.29) is 37.3 Å². The molecule has 0 bridgehead atoms. The lowest BCUT2D eigenvalue weighted by molar-refractivity contribution is -0.137. The molecule has 2 aliphatic carbocycles. The molecule has 3 N–H and O–H groups in total. The van der Waals surface area contributed by atoms with Crippen LogP contribution in [0.25, 0.3) is 11.1 Å². The standard InChI is InChI=1S/C28H34N2O5/c1-2-18-9-3-8-14-24(18)29-27(33)25(15-16-26(31)32)30-28(34)35-17-23-21-12-6-4-10-19(21)20-11-5-7-13-22(20)23/h4-7,10-13,18,23-25H,2-3,8-9,14-17H2,1H3,(H,29,33)(H,30,34)(H,31,32). The van der Waals surface area contributed by atoms with Gasteiger partial charge >= 0.3 is 12.1 Å². The largest absolute Gasteiger partial charge is 0.481 e. The molecule has 4 rings (SSSR count). The van der Waals surface area contributed by atoms with Crippen LogP contribution in [0.4, 0.5) is 4.79 Å². The van der Waals surface area contributed by atoms with Crippen molar-refractivity contribution in [3.05, 3.63) is 59.7 Å². The monoisotopic (exact) mass is 478 g/mol. The Labute approximate surface area is 206 Å². The number of carboxylic acid groups (broad SMARTS) is 1. The summed E-state index contributed by atoms with van der Waals surface area (Å²) in [7, 11) is 0. The topological polar surface area (TPSA) is 105 Å². The van der Waals surface area contributed by atoms with Crippen molar-refractivity contribution >= 4 is 18.0 Å². The maximum absolute atomic E-state index is 13.0. The number of carbonyl (C=O) groups is 3. The Kier molecular flexibility index (Phi) is 8.06. The normalized spacial score (nSPS) is 19.8. The molecule has 2 aromatic carbocycles. The summed E-state index contributed by atoms with van der Waals surface area (Å²) in [6, 6.07) is 15.2. The van der Waals surface area contributed by atoms with Crippen molar-refractivity contribution in [2.45, 2.75) is 69.9 Å². The smallest absolute Gasteiger partial charge is 0.407 e. The second kappa shape index (κ2) is 11.4. The van der Waals surface area contributed by atoms with Crippen LogP contribution in [0.2, 0.25) is 0 Å². The average Bonchev–Trinajstić information content (AvgIpc) is 3.19. The van der Waals surface area contributed by atoms with Crippen LogP contribution in [-0.2, 0) is 14.3 Å². The zero-order valence-corrected chi connectivity index (χ0v) is 20.2. The molecule has 2 aliphatic rings. The SMILES string of the molecule is CCC1CCCCC1NC(=O)C(CCC(=O)O)NC(=O)OCC1c2ccccc2-c2ccccc21. The first-order valence-electron chi connectivity index (χ1n) is 12.6. The number of benzene rings is 2. The second-order valence-electron chi connectivity index (χ2n) is 9.52. The van der Waals surface area contributed by atoms with E-state index >= 15 is 0 Å². The predicted molar refractivity (Wildman–Crippen MR) is 133 cm³/mol. The van der Waals surface area contributed by atoms with Gasteiger partial charge in [0.05, 0.1) is 0 Å². The number of hydrogen-bond acceptors (Lipinski definition) is 4. The number of hydrogen-bond donors (Lipinski definition) is 3. The molecule has 7 nitrogen and oxygen atoms in total. The Hall–Kier alpha value is -3.35. The molecule has 3 unspecified atom stereocenters. The predicted octanol–water partition coefficient (Wildman–Crippen LogP) is 4.84. The van der Waals surface area contributed by atoms with Gasteiger partial charge in [-0.05, 0) is 47.4 Å². The fourth-order valence-electron chi connectivity index (χ4n) is 5.49. The third kappa shape index (κ3) is 5.84. The highest BCUT2D eigenvalue weighted by atomic mass is 16.5. The molecule has 0 aliphatic heterocycles. The van der Waals surface area contributed by atoms with E-state index < -0.39 is 18.1 Å². The summed E-state index contributed by atoms with van der Waals surface area (Å²) < 4.78 is 5.58. The molecular weight excluding hydrogens is 444 g/mol. The van der Waals surface area contributed by atoms with Gasteiger partial charge in [0.2, 0.25) is 5.91 Å². The highest BCUT2D eigenvalue weighted by Crippen LogP contribution is 2.44. The Morgan fingerprint density at radius 1 is 1.00 bits per heavy atom. The average molecular weight is 479 g/mol. The third-order valence-corrected chi connectivity index (χ3v) is 7.36. The molecule has 1 saturated carbocycles. The Bertz CT molecular complexity index is 1020. The van der Waals surface area contributed by atoms with E-state index in [0.29, 0.717) is 5.92 Å². The van der Waals surface area contributed by atoms with Crippen molar-refractivity contribution in [2.24, 2.45) is 5.92 Å². The minimum Gasteiger partial charge on any atom is -0.481 e. The number of carbonyl (C=O) groups excluding carboxylic acids is 2. The zero-order valence-electron chi connectivity index (χ0n) is 20.2. The van der Waals surface area contributed by atoms with E-state index in [0.717, 1.165) is 54.4 Å². The number of alkyl carbamates (subject to hydrolysis) is 1. The lowest BCUT2D eigenvalue weighted by atomic mass is 9.82. The molecule has 0 spiro atoms. The molecule has 35 heavy (non-hydrogen) atoms. The Morgan fingerprint density at radius 3 is 2.26 bits per heavy atom. The number of aliphatic carboxylic acids is 1. The number of carboxylic acids is 1. The fraction of sp³-hybridized carbons (Fsp3) is 0.464. The summed E-state index contributed by atoms with van der Waals surface area (Å²) in [4.78, 5) is 36.9. The van der Waals surface area contributed by atoms with Gasteiger partial charge < -0.3 is 20.5 Å². The first-order chi connectivity index (χ1) is 17.0. The summed E-state index contributed by atoms with van der Waals surface area (Å²) in [6.07, 6.45) is 4.24. The van der Waals surface area contributed by atoms with Gasteiger partial charge in [-0.15, -0.1) is 0 Å². The molecule has 0 radical (unpaired) electrons. The van der Waals surface area contributed by atoms with E-state index in [2.05, 4.69) is 29.7 Å². The number of ether oxygens (including phenoxy) is 1. The number of rotatable bonds is 9. The quantitative estimate of drug-likeness (QED) is 0.478. The maximum atomic E-state index is 13.0. The molecular formula is C28H34N2O5. The van der Waals surface area contributed by atoms with Gasteiger partial charge in [-0.25, -0.2) is 4.79 Å². The van der Waals surface area contributed by atoms with Gasteiger partial charge in [-0.2, -0.15) is 0 Å². The third-order valence-electron chi connectivity index (χ3n) is 7.36. The van der Waals surface area contributed by atoms with Crippen LogP contribution in [-0.4, -0.2) is 41.8 Å². The Balaban J connectivity index is 1.40. The lowest BCUT2D eigenvalue weighted by Gasteiger charge is -2.32. The minimum absolute atomic E-state index is 0.00880. The second-order valence-corrected chi connectivity index (χ2v) is 9.52. The van der Waals surface area contributed by atoms with Crippen LogP contribution in [0.1, 0.15) is 68.9 Å².